The van der Waals surface area contributed by atoms with E-state index in [2.05, 4.69) is 191 Å². The number of hydrogen-bond acceptors (Lipinski definition) is 4. The minimum absolute atomic E-state index is 0.466. The van der Waals surface area contributed by atoms with Crippen LogP contribution in [-0.2, 0) is 0 Å². The number of nitrogens with zero attached hydrogens (tertiary/aromatic N) is 6. The maximum absolute atomic E-state index is 7.67. The molecule has 0 unspecified atom stereocenters. The van der Waals surface area contributed by atoms with E-state index in [4.69, 9.17) is 21.5 Å². The number of rotatable bonds is 8. The van der Waals surface area contributed by atoms with Gasteiger partial charge in [0.25, 0.3) is 0 Å². The van der Waals surface area contributed by atoms with E-state index in [0.717, 1.165) is 60.9 Å². The standard InChI is InChI=1S/C62H38N6/c1-63-50-29-33-53(34-30-50)67(62-65-60(48-24-20-40-10-5-7-12-46(40)38-48)64-61(66-62)49-25-21-41-11-6-8-13-47(41)39-49)52-31-26-43(27-32-52)42-18-22-44(23-19-42)54-36-37-57-59-55(54)35-28-45-14-9-17-56(58(45)59)68(57)51-15-3-2-4-16-51/h2-39H. The SMILES string of the molecule is [C-]#[N+]c1ccc(N(c2ccc(-c3ccc(-c4ccc5c6c4ccc4cccc(c46)n5-c4ccccc4)cc3)cc2)c2nc(-c3ccc4ccccc4c3)nc(-c3ccc4ccccc4c3)n2)cc1. The van der Waals surface area contributed by atoms with Crippen LogP contribution in [0, 0.1) is 6.57 Å². The average molecular weight is 867 g/mol. The Bertz CT molecular complexity index is 3980. The van der Waals surface area contributed by atoms with Gasteiger partial charge in [0.2, 0.25) is 5.95 Å². The molecule has 0 atom stereocenters. The van der Waals surface area contributed by atoms with Crippen LogP contribution in [0.5, 0.6) is 0 Å². The van der Waals surface area contributed by atoms with Gasteiger partial charge in [0.05, 0.1) is 17.6 Å². The molecule has 0 N–H and O–H groups in total. The van der Waals surface area contributed by atoms with Gasteiger partial charge in [-0.15, -0.1) is 0 Å². The Morgan fingerprint density at radius 3 is 1.53 bits per heavy atom. The zero-order chi connectivity index (χ0) is 45.1. The van der Waals surface area contributed by atoms with Gasteiger partial charge in [-0.05, 0) is 115 Å². The van der Waals surface area contributed by atoms with Gasteiger partial charge in [0.1, 0.15) is 0 Å². The largest absolute Gasteiger partial charge is 0.309 e. The van der Waals surface area contributed by atoms with Gasteiger partial charge in [-0.25, -0.2) is 9.83 Å². The number of anilines is 3. The summed E-state index contributed by atoms with van der Waals surface area (Å²) >= 11 is 0. The molecule has 68 heavy (non-hydrogen) atoms. The topological polar surface area (TPSA) is 51.2 Å². The van der Waals surface area contributed by atoms with Gasteiger partial charge in [0, 0.05) is 39.0 Å². The minimum atomic E-state index is 0.466. The van der Waals surface area contributed by atoms with E-state index in [1.807, 2.05) is 53.4 Å². The maximum Gasteiger partial charge on any atom is 0.238 e. The van der Waals surface area contributed by atoms with Crippen LogP contribution in [0.1, 0.15) is 0 Å². The lowest BCUT2D eigenvalue weighted by atomic mass is 9.93. The van der Waals surface area contributed by atoms with Gasteiger partial charge in [-0.3, -0.25) is 4.90 Å². The van der Waals surface area contributed by atoms with Crippen LogP contribution >= 0.6 is 0 Å². The van der Waals surface area contributed by atoms with Crippen LogP contribution in [0.4, 0.5) is 23.0 Å². The molecule has 0 aliphatic heterocycles. The normalized spacial score (nSPS) is 11.5. The van der Waals surface area contributed by atoms with Crippen molar-refractivity contribution in [3.63, 3.8) is 0 Å². The predicted molar refractivity (Wildman–Crippen MR) is 281 cm³/mol. The van der Waals surface area contributed by atoms with Crippen LogP contribution in [0.25, 0.3) is 110 Å². The van der Waals surface area contributed by atoms with Crippen molar-refractivity contribution in [3.8, 4) is 50.7 Å². The number of para-hydroxylation sites is 1. The Kier molecular flexibility index (Phi) is 9.12. The van der Waals surface area contributed by atoms with Crippen molar-refractivity contribution in [1.82, 2.24) is 19.5 Å². The van der Waals surface area contributed by atoms with Gasteiger partial charge in [0.15, 0.2) is 17.3 Å². The summed E-state index contributed by atoms with van der Waals surface area (Å²) in [6.45, 7) is 7.67. The molecule has 316 valence electrons. The second-order valence-electron chi connectivity index (χ2n) is 17.2. The first-order valence-corrected chi connectivity index (χ1v) is 22.7. The summed E-state index contributed by atoms with van der Waals surface area (Å²) in [5, 5.41) is 9.58. The van der Waals surface area contributed by atoms with E-state index in [0.29, 0.717) is 23.3 Å². The highest BCUT2D eigenvalue weighted by Crippen LogP contribution is 2.43. The Labute approximate surface area is 392 Å². The summed E-state index contributed by atoms with van der Waals surface area (Å²) in [6, 6.07) is 80.6. The molecule has 2 heterocycles. The molecule has 0 aliphatic rings. The smallest absolute Gasteiger partial charge is 0.238 e. The molecule has 6 heteroatoms. The lowest BCUT2D eigenvalue weighted by molar-refractivity contribution is 1.02. The first kappa shape index (κ1) is 39.0. The predicted octanol–water partition coefficient (Wildman–Crippen LogP) is 16.6. The monoisotopic (exact) mass is 866 g/mol. The molecule has 11 aromatic carbocycles. The van der Waals surface area contributed by atoms with Crippen molar-refractivity contribution in [2.75, 3.05) is 4.90 Å². The van der Waals surface area contributed by atoms with Crippen molar-refractivity contribution in [1.29, 1.82) is 0 Å². The first-order chi connectivity index (χ1) is 33.6. The van der Waals surface area contributed by atoms with Gasteiger partial charge in [-0.1, -0.05) is 170 Å². The van der Waals surface area contributed by atoms with E-state index in [9.17, 15) is 0 Å². The third-order valence-electron chi connectivity index (χ3n) is 13.2. The van der Waals surface area contributed by atoms with Gasteiger partial charge in [-0.2, -0.15) is 9.97 Å². The van der Waals surface area contributed by atoms with Crippen LogP contribution in [0.15, 0.2) is 231 Å². The third kappa shape index (κ3) is 6.61. The van der Waals surface area contributed by atoms with Crippen LogP contribution in [0.2, 0.25) is 0 Å². The zero-order valence-electron chi connectivity index (χ0n) is 36.6. The number of aromatic nitrogens is 4. The van der Waals surface area contributed by atoms with Crippen molar-refractivity contribution < 1.29 is 0 Å². The molecule has 6 nitrogen and oxygen atoms in total. The minimum Gasteiger partial charge on any atom is -0.309 e. The highest BCUT2D eigenvalue weighted by molar-refractivity contribution is 6.26. The molecule has 0 saturated carbocycles. The summed E-state index contributed by atoms with van der Waals surface area (Å²) in [4.78, 5) is 21.3. The molecule has 0 spiro atoms. The summed E-state index contributed by atoms with van der Waals surface area (Å²) in [7, 11) is 0. The average Bonchev–Trinajstić information content (AvgIpc) is 3.76. The zero-order valence-corrected chi connectivity index (χ0v) is 36.6. The highest BCUT2D eigenvalue weighted by atomic mass is 15.3. The lowest BCUT2D eigenvalue weighted by Crippen LogP contribution is -2.15. The summed E-state index contributed by atoms with van der Waals surface area (Å²) < 4.78 is 2.39. The first-order valence-electron chi connectivity index (χ1n) is 22.7. The molecule has 0 aliphatic carbocycles. The molecule has 0 amide bonds. The molecule has 13 aromatic rings. The molecule has 0 saturated heterocycles. The van der Waals surface area contributed by atoms with E-state index in [1.54, 1.807) is 0 Å². The van der Waals surface area contributed by atoms with Crippen molar-refractivity contribution >= 4 is 77.1 Å². The van der Waals surface area contributed by atoms with E-state index in [-0.39, 0.29) is 0 Å². The second-order valence-corrected chi connectivity index (χ2v) is 17.2. The van der Waals surface area contributed by atoms with Crippen LogP contribution in [0.3, 0.4) is 0 Å². The second kappa shape index (κ2) is 15.9. The Morgan fingerprint density at radius 1 is 0.382 bits per heavy atom. The number of fused-ring (bicyclic) bond motifs is 2. The van der Waals surface area contributed by atoms with E-state index in [1.165, 1.54) is 43.7 Å². The van der Waals surface area contributed by atoms with E-state index >= 15 is 0 Å². The Morgan fingerprint density at radius 2 is 0.897 bits per heavy atom. The number of benzene rings is 11. The summed E-state index contributed by atoms with van der Waals surface area (Å²) in [5.41, 5.74) is 12.2. The summed E-state index contributed by atoms with van der Waals surface area (Å²) in [6.07, 6.45) is 0. The number of hydrogen-bond donors (Lipinski definition) is 0. The fourth-order valence-corrected chi connectivity index (χ4v) is 9.88. The van der Waals surface area contributed by atoms with E-state index < -0.39 is 0 Å². The quantitative estimate of drug-likeness (QED) is 0.113. The Hall–Kier alpha value is -9.44. The molecule has 0 bridgehead atoms. The fourth-order valence-electron chi connectivity index (χ4n) is 9.88. The van der Waals surface area contributed by atoms with Gasteiger partial charge >= 0.3 is 0 Å². The maximum atomic E-state index is 7.67. The molecule has 0 radical (unpaired) electrons. The highest BCUT2D eigenvalue weighted by Gasteiger charge is 2.22. The van der Waals surface area contributed by atoms with Gasteiger partial charge < -0.3 is 4.57 Å². The van der Waals surface area contributed by atoms with Crippen molar-refractivity contribution in [3.05, 3.63) is 242 Å². The molecular weight excluding hydrogens is 829 g/mol. The molecule has 2 aromatic heterocycles. The molecular formula is C62H38N6. The summed E-state index contributed by atoms with van der Waals surface area (Å²) in [5.74, 6) is 1.59. The molecule has 13 rings (SSSR count). The van der Waals surface area contributed by atoms with Crippen LogP contribution in [-0.4, -0.2) is 19.5 Å². The third-order valence-corrected chi connectivity index (χ3v) is 13.2. The van der Waals surface area contributed by atoms with Crippen molar-refractivity contribution in [2.24, 2.45) is 0 Å². The Balaban J connectivity index is 0.894. The lowest BCUT2D eigenvalue weighted by Gasteiger charge is -2.24. The fraction of sp³-hybridized carbons (Fsp3) is 0. The van der Waals surface area contributed by atoms with Crippen molar-refractivity contribution in [2.45, 2.75) is 0 Å². The van der Waals surface area contributed by atoms with Crippen LogP contribution < -0.4 is 4.90 Å². The molecule has 0 fully saturated rings.